The molecule has 1 unspecified atom stereocenters. The zero-order chi connectivity index (χ0) is 14.3. The first-order valence-electron chi connectivity index (χ1n) is 6.51. The number of carboxylic acids is 1. The van der Waals surface area contributed by atoms with Gasteiger partial charge in [0.05, 0.1) is 17.0 Å². The maximum atomic E-state index is 11.4. The molecule has 0 bridgehead atoms. The SMILES string of the molecule is CC1(C)CC(C(=O)O)C(C)(C)N1Oc1ccccc1. The van der Waals surface area contributed by atoms with Crippen LogP contribution in [0.2, 0.25) is 0 Å². The molecule has 1 aromatic rings. The number of hydroxylamine groups is 2. The van der Waals surface area contributed by atoms with Crippen LogP contribution >= 0.6 is 0 Å². The number of nitrogens with zero attached hydrogens (tertiary/aromatic N) is 1. The molecule has 19 heavy (non-hydrogen) atoms. The Balaban J connectivity index is 2.30. The van der Waals surface area contributed by atoms with Crippen molar-refractivity contribution in [3.63, 3.8) is 0 Å². The predicted octanol–water partition coefficient (Wildman–Crippen LogP) is 2.94. The summed E-state index contributed by atoms with van der Waals surface area (Å²) in [4.78, 5) is 17.4. The molecule has 1 saturated heterocycles. The highest BCUT2D eigenvalue weighted by molar-refractivity contribution is 5.72. The van der Waals surface area contributed by atoms with Crippen molar-refractivity contribution in [3.8, 4) is 5.75 Å². The molecule has 104 valence electrons. The Labute approximate surface area is 113 Å². The quantitative estimate of drug-likeness (QED) is 0.911. The van der Waals surface area contributed by atoms with Crippen LogP contribution in [-0.2, 0) is 4.79 Å². The van der Waals surface area contributed by atoms with Crippen LogP contribution in [0.25, 0.3) is 0 Å². The van der Waals surface area contributed by atoms with Gasteiger partial charge < -0.3 is 9.94 Å². The second-order valence-electron chi connectivity index (χ2n) is 6.26. The molecule has 0 saturated carbocycles. The number of hydrogen-bond donors (Lipinski definition) is 1. The molecule has 1 N–H and O–H groups in total. The van der Waals surface area contributed by atoms with Gasteiger partial charge in [-0.15, -0.1) is 5.06 Å². The van der Waals surface area contributed by atoms with Gasteiger partial charge in [0.15, 0.2) is 0 Å². The number of benzene rings is 1. The molecule has 4 heteroatoms. The van der Waals surface area contributed by atoms with Gasteiger partial charge >= 0.3 is 5.97 Å². The molecule has 0 aliphatic carbocycles. The van der Waals surface area contributed by atoms with E-state index in [1.807, 2.05) is 63.1 Å². The van der Waals surface area contributed by atoms with Gasteiger partial charge in [-0.2, -0.15) is 0 Å². The zero-order valence-electron chi connectivity index (χ0n) is 11.9. The standard InChI is InChI=1S/C15H21NO3/c1-14(2)10-12(13(17)18)15(3,4)16(14)19-11-8-6-5-7-9-11/h5-9,12H,10H2,1-4H3,(H,17,18). The van der Waals surface area contributed by atoms with Crippen molar-refractivity contribution in [1.29, 1.82) is 0 Å². The Kier molecular flexibility index (Phi) is 3.31. The number of carbonyl (C=O) groups is 1. The van der Waals surface area contributed by atoms with Crippen LogP contribution in [0.3, 0.4) is 0 Å². The van der Waals surface area contributed by atoms with Crippen LogP contribution < -0.4 is 4.84 Å². The fourth-order valence-electron chi connectivity index (χ4n) is 2.97. The van der Waals surface area contributed by atoms with Crippen LogP contribution in [0.1, 0.15) is 34.1 Å². The van der Waals surface area contributed by atoms with Crippen molar-refractivity contribution in [2.24, 2.45) is 5.92 Å². The molecule has 1 aliphatic rings. The lowest BCUT2D eigenvalue weighted by molar-refractivity contribution is -0.175. The van der Waals surface area contributed by atoms with Gasteiger partial charge in [-0.3, -0.25) is 4.79 Å². The van der Waals surface area contributed by atoms with Gasteiger partial charge in [0.25, 0.3) is 0 Å². The summed E-state index contributed by atoms with van der Waals surface area (Å²) in [6, 6.07) is 9.48. The second-order valence-corrected chi connectivity index (χ2v) is 6.26. The summed E-state index contributed by atoms with van der Waals surface area (Å²) in [6.07, 6.45) is 0.572. The number of para-hydroxylation sites is 1. The third kappa shape index (κ3) is 2.45. The average Bonchev–Trinajstić information content (AvgIpc) is 2.50. The maximum absolute atomic E-state index is 11.4. The maximum Gasteiger partial charge on any atom is 0.308 e. The smallest absolute Gasteiger partial charge is 0.308 e. The van der Waals surface area contributed by atoms with E-state index in [0.29, 0.717) is 6.42 Å². The molecule has 1 atom stereocenters. The van der Waals surface area contributed by atoms with Gasteiger partial charge in [-0.25, -0.2) is 0 Å². The summed E-state index contributed by atoms with van der Waals surface area (Å²) in [5, 5.41) is 11.2. The van der Waals surface area contributed by atoms with Gasteiger partial charge in [0, 0.05) is 0 Å². The van der Waals surface area contributed by atoms with Gasteiger partial charge in [-0.1, -0.05) is 18.2 Å². The summed E-state index contributed by atoms with van der Waals surface area (Å²) in [5.74, 6) is -0.474. The van der Waals surface area contributed by atoms with Crippen LogP contribution in [0.4, 0.5) is 0 Å². The monoisotopic (exact) mass is 263 g/mol. The topological polar surface area (TPSA) is 49.8 Å². The Morgan fingerprint density at radius 1 is 1.26 bits per heavy atom. The number of rotatable bonds is 3. The van der Waals surface area contributed by atoms with E-state index in [1.165, 1.54) is 0 Å². The highest BCUT2D eigenvalue weighted by Gasteiger charge is 2.56. The van der Waals surface area contributed by atoms with Crippen molar-refractivity contribution in [2.45, 2.75) is 45.2 Å². The number of hydrogen-bond acceptors (Lipinski definition) is 3. The molecule has 2 rings (SSSR count). The van der Waals surface area contributed by atoms with E-state index in [0.717, 1.165) is 5.75 Å². The minimum absolute atomic E-state index is 0.317. The van der Waals surface area contributed by atoms with E-state index < -0.39 is 17.4 Å². The normalized spacial score (nSPS) is 25.2. The van der Waals surface area contributed by atoms with E-state index in [-0.39, 0.29) is 5.54 Å². The molecule has 0 aromatic heterocycles. The van der Waals surface area contributed by atoms with Crippen molar-refractivity contribution in [1.82, 2.24) is 5.06 Å². The highest BCUT2D eigenvalue weighted by atomic mass is 16.7. The molecule has 0 spiro atoms. The predicted molar refractivity (Wildman–Crippen MR) is 72.8 cm³/mol. The van der Waals surface area contributed by atoms with Gasteiger partial charge in [-0.05, 0) is 46.2 Å². The fraction of sp³-hybridized carbons (Fsp3) is 0.533. The lowest BCUT2D eigenvalue weighted by Crippen LogP contribution is -2.52. The van der Waals surface area contributed by atoms with E-state index in [1.54, 1.807) is 0 Å². The molecule has 1 aliphatic heterocycles. The van der Waals surface area contributed by atoms with Crippen LogP contribution in [0, 0.1) is 5.92 Å². The Morgan fingerprint density at radius 3 is 2.32 bits per heavy atom. The van der Waals surface area contributed by atoms with Gasteiger partial charge in [0.1, 0.15) is 5.75 Å². The summed E-state index contributed by atoms with van der Waals surface area (Å²) >= 11 is 0. The van der Waals surface area contributed by atoms with Crippen LogP contribution in [-0.4, -0.2) is 27.2 Å². The molecule has 1 aromatic carbocycles. The number of carboxylic acid groups (broad SMARTS) is 1. The first-order chi connectivity index (χ1) is 8.75. The second kappa shape index (κ2) is 4.53. The molecule has 0 radical (unpaired) electrons. The Bertz CT molecular complexity index is 468. The highest BCUT2D eigenvalue weighted by Crippen LogP contribution is 2.45. The third-order valence-corrected chi connectivity index (χ3v) is 3.87. The van der Waals surface area contributed by atoms with Crippen molar-refractivity contribution in [2.75, 3.05) is 0 Å². The van der Waals surface area contributed by atoms with E-state index in [4.69, 9.17) is 4.84 Å². The fourth-order valence-corrected chi connectivity index (χ4v) is 2.97. The van der Waals surface area contributed by atoms with E-state index >= 15 is 0 Å². The van der Waals surface area contributed by atoms with Crippen molar-refractivity contribution < 1.29 is 14.7 Å². The average molecular weight is 263 g/mol. The van der Waals surface area contributed by atoms with Crippen LogP contribution in [0.5, 0.6) is 5.75 Å². The molecule has 1 fully saturated rings. The lowest BCUT2D eigenvalue weighted by atomic mass is 9.87. The van der Waals surface area contributed by atoms with Crippen LogP contribution in [0.15, 0.2) is 30.3 Å². The van der Waals surface area contributed by atoms with Gasteiger partial charge in [0.2, 0.25) is 0 Å². The summed E-state index contributed by atoms with van der Waals surface area (Å²) in [7, 11) is 0. The molecule has 0 amide bonds. The first kappa shape index (κ1) is 13.9. The van der Waals surface area contributed by atoms with Crippen molar-refractivity contribution >= 4 is 5.97 Å². The van der Waals surface area contributed by atoms with Crippen molar-refractivity contribution in [3.05, 3.63) is 30.3 Å². The van der Waals surface area contributed by atoms with E-state index in [2.05, 4.69) is 0 Å². The first-order valence-corrected chi connectivity index (χ1v) is 6.51. The summed E-state index contributed by atoms with van der Waals surface area (Å²) < 4.78 is 0. The van der Waals surface area contributed by atoms with E-state index in [9.17, 15) is 9.90 Å². The Hall–Kier alpha value is -1.55. The molecule has 4 nitrogen and oxygen atoms in total. The summed E-state index contributed by atoms with van der Waals surface area (Å²) in [5.41, 5.74) is -0.867. The minimum Gasteiger partial charge on any atom is -0.481 e. The molecular weight excluding hydrogens is 242 g/mol. The number of aliphatic carboxylic acids is 1. The molecule has 1 heterocycles. The minimum atomic E-state index is -0.766. The Morgan fingerprint density at radius 2 is 1.84 bits per heavy atom. The third-order valence-electron chi connectivity index (χ3n) is 3.87. The largest absolute Gasteiger partial charge is 0.481 e. The zero-order valence-corrected chi connectivity index (χ0v) is 11.9. The lowest BCUT2D eigenvalue weighted by Gasteiger charge is -2.39. The summed E-state index contributed by atoms with van der Waals surface area (Å²) in [6.45, 7) is 7.87. The molecular formula is C15H21NO3.